The van der Waals surface area contributed by atoms with Crippen molar-refractivity contribution in [1.29, 1.82) is 0 Å². The summed E-state index contributed by atoms with van der Waals surface area (Å²) < 4.78 is 0. The maximum absolute atomic E-state index is 11.8. The summed E-state index contributed by atoms with van der Waals surface area (Å²) in [6, 6.07) is 2.69. The molecule has 20 heavy (non-hydrogen) atoms. The van der Waals surface area contributed by atoms with E-state index < -0.39 is 34.5 Å². The average Bonchev–Trinajstić information content (AvgIpc) is 2.36. The number of carboxylic acid groups (broad SMARTS) is 1. The van der Waals surface area contributed by atoms with Gasteiger partial charge < -0.3 is 20.6 Å². The molecule has 1 aromatic rings. The zero-order chi connectivity index (χ0) is 15.3. The Morgan fingerprint density at radius 1 is 1.30 bits per heavy atom. The van der Waals surface area contributed by atoms with Crippen LogP contribution in [0.15, 0.2) is 18.2 Å². The summed E-state index contributed by atoms with van der Waals surface area (Å²) in [4.78, 5) is 33.5. The lowest BCUT2D eigenvalue weighted by Crippen LogP contribution is -2.41. The number of phenols is 2. The molecule has 0 aliphatic heterocycles. The molecule has 1 aromatic carbocycles. The third-order valence-corrected chi connectivity index (χ3v) is 3.27. The maximum atomic E-state index is 11.8. The first-order valence-electron chi connectivity index (χ1n) is 5.51. The minimum absolute atomic E-state index is 0.123. The molecule has 1 rings (SSSR count). The molecule has 0 aromatic heterocycles. The van der Waals surface area contributed by atoms with Gasteiger partial charge in [0.25, 0.3) is 0 Å². The molecule has 7 nitrogen and oxygen atoms in total. The van der Waals surface area contributed by atoms with E-state index in [0.29, 0.717) is 11.8 Å². The van der Waals surface area contributed by atoms with E-state index in [4.69, 9.17) is 5.11 Å². The Balaban J connectivity index is 2.73. The van der Waals surface area contributed by atoms with E-state index in [1.165, 1.54) is 25.1 Å². The van der Waals surface area contributed by atoms with Crippen LogP contribution >= 0.6 is 11.8 Å². The number of aromatic hydroxyl groups is 2. The Morgan fingerprint density at radius 3 is 2.50 bits per heavy atom. The van der Waals surface area contributed by atoms with Gasteiger partial charge in [0.1, 0.15) is 6.04 Å². The molecule has 1 amide bonds. The molecule has 0 radical (unpaired) electrons. The largest absolute Gasteiger partial charge is 0.504 e. The van der Waals surface area contributed by atoms with Crippen molar-refractivity contribution in [2.24, 2.45) is 0 Å². The van der Waals surface area contributed by atoms with Crippen molar-refractivity contribution in [1.82, 2.24) is 5.32 Å². The van der Waals surface area contributed by atoms with Crippen LogP contribution in [0.2, 0.25) is 0 Å². The second-order valence-electron chi connectivity index (χ2n) is 3.86. The molecule has 1 unspecified atom stereocenters. The van der Waals surface area contributed by atoms with Gasteiger partial charge in [0, 0.05) is 12.7 Å². The van der Waals surface area contributed by atoms with Crippen LogP contribution in [0.1, 0.15) is 17.3 Å². The van der Waals surface area contributed by atoms with E-state index in [1.54, 1.807) is 0 Å². The quantitative estimate of drug-likeness (QED) is 0.585. The number of benzene rings is 1. The smallest absolute Gasteiger partial charge is 0.327 e. The summed E-state index contributed by atoms with van der Waals surface area (Å²) in [7, 11) is 0. The van der Waals surface area contributed by atoms with Crippen molar-refractivity contribution in [2.45, 2.75) is 13.0 Å². The topological polar surface area (TPSA) is 124 Å². The van der Waals surface area contributed by atoms with Crippen molar-refractivity contribution in [2.75, 3.05) is 5.75 Å². The lowest BCUT2D eigenvalue weighted by molar-refractivity contribution is -0.140. The zero-order valence-corrected chi connectivity index (χ0v) is 11.3. The molecule has 0 fully saturated rings. The van der Waals surface area contributed by atoms with Gasteiger partial charge in [-0.1, -0.05) is 17.8 Å². The first-order valence-corrected chi connectivity index (χ1v) is 6.49. The van der Waals surface area contributed by atoms with Gasteiger partial charge in [-0.05, 0) is 12.1 Å². The Kier molecular flexibility index (Phi) is 5.39. The number of carbonyl (C=O) groups is 3. The number of carbonyl (C=O) groups excluding carboxylic acids is 2. The fourth-order valence-corrected chi connectivity index (χ4v) is 2.22. The van der Waals surface area contributed by atoms with Gasteiger partial charge in [-0.3, -0.25) is 9.59 Å². The third kappa shape index (κ3) is 4.16. The molecule has 0 spiro atoms. The first-order chi connectivity index (χ1) is 9.32. The minimum atomic E-state index is -1.26. The lowest BCUT2D eigenvalue weighted by Gasteiger charge is -2.12. The van der Waals surface area contributed by atoms with Crippen LogP contribution in [0.3, 0.4) is 0 Å². The summed E-state index contributed by atoms with van der Waals surface area (Å²) in [5.41, 5.74) is -0.123. The molecule has 8 heteroatoms. The highest BCUT2D eigenvalue weighted by atomic mass is 32.2. The van der Waals surface area contributed by atoms with Crippen LogP contribution in [0.25, 0.3) is 0 Å². The molecule has 0 saturated heterocycles. The number of thioether (sulfide) groups is 1. The molecule has 0 saturated carbocycles. The predicted molar refractivity (Wildman–Crippen MR) is 71.8 cm³/mol. The van der Waals surface area contributed by atoms with Crippen molar-refractivity contribution < 1.29 is 29.7 Å². The number of amides is 1. The zero-order valence-electron chi connectivity index (χ0n) is 10.5. The second kappa shape index (κ2) is 6.80. The number of aliphatic carboxylic acids is 1. The number of phenolic OH excluding ortho intramolecular Hbond substituents is 2. The van der Waals surface area contributed by atoms with Crippen LogP contribution in [0, 0.1) is 0 Å². The van der Waals surface area contributed by atoms with Gasteiger partial charge in [-0.15, -0.1) is 0 Å². The highest BCUT2D eigenvalue weighted by Crippen LogP contribution is 2.30. The number of hydrogen-bond acceptors (Lipinski definition) is 6. The molecule has 1 atom stereocenters. The van der Waals surface area contributed by atoms with Crippen molar-refractivity contribution >= 4 is 28.8 Å². The fourth-order valence-electron chi connectivity index (χ4n) is 1.35. The summed E-state index contributed by atoms with van der Waals surface area (Å²) in [6.07, 6.45) is 0. The molecular weight excluding hydrogens is 286 g/mol. The number of nitrogens with one attached hydrogen (secondary N) is 1. The van der Waals surface area contributed by atoms with Gasteiger partial charge in [0.15, 0.2) is 11.5 Å². The van der Waals surface area contributed by atoms with Crippen LogP contribution < -0.4 is 5.32 Å². The van der Waals surface area contributed by atoms with Crippen LogP contribution in [0.4, 0.5) is 0 Å². The monoisotopic (exact) mass is 299 g/mol. The number of para-hydroxylation sites is 1. The van der Waals surface area contributed by atoms with Crippen LogP contribution in [-0.2, 0) is 9.59 Å². The summed E-state index contributed by atoms with van der Waals surface area (Å²) >= 11 is 0.625. The molecule has 4 N–H and O–H groups in total. The Morgan fingerprint density at radius 2 is 1.95 bits per heavy atom. The minimum Gasteiger partial charge on any atom is -0.504 e. The molecule has 0 heterocycles. The summed E-state index contributed by atoms with van der Waals surface area (Å²) in [6.45, 7) is 1.17. The van der Waals surface area contributed by atoms with Gasteiger partial charge >= 0.3 is 5.97 Å². The lowest BCUT2D eigenvalue weighted by atomic mass is 10.2. The molecular formula is C12H13NO6S. The molecule has 108 valence electrons. The van der Waals surface area contributed by atoms with Crippen molar-refractivity contribution in [3.8, 4) is 11.5 Å². The van der Waals surface area contributed by atoms with Crippen LogP contribution in [0.5, 0.6) is 11.5 Å². The van der Waals surface area contributed by atoms with Crippen molar-refractivity contribution in [3.05, 3.63) is 23.8 Å². The Hall–Kier alpha value is -2.22. The van der Waals surface area contributed by atoms with Gasteiger partial charge in [0.2, 0.25) is 11.0 Å². The number of carboxylic acids is 1. The predicted octanol–water partition coefficient (Wildman–Crippen LogP) is 0.560. The second-order valence-corrected chi connectivity index (χ2v) is 4.86. The molecule has 0 bridgehead atoms. The third-order valence-electron chi connectivity index (χ3n) is 2.29. The Bertz CT molecular complexity index is 545. The standard InChI is InChI=1S/C12H13NO6S/c1-6(14)13-8(11(17)18)5-20-12(19)7-3-2-4-9(15)10(7)16/h2-4,8,15-16H,5H2,1H3,(H,13,14)(H,17,18). The first kappa shape index (κ1) is 15.8. The fraction of sp³-hybridized carbons (Fsp3) is 0.250. The summed E-state index contributed by atoms with van der Waals surface area (Å²) in [5.74, 6) is -2.97. The average molecular weight is 299 g/mol. The van der Waals surface area contributed by atoms with Gasteiger partial charge in [0.05, 0.1) is 5.56 Å². The van der Waals surface area contributed by atoms with E-state index in [2.05, 4.69) is 5.32 Å². The molecule has 0 aliphatic carbocycles. The van der Waals surface area contributed by atoms with Crippen LogP contribution in [-0.4, -0.2) is 44.1 Å². The normalized spacial score (nSPS) is 11.7. The highest BCUT2D eigenvalue weighted by molar-refractivity contribution is 8.14. The number of rotatable bonds is 5. The maximum Gasteiger partial charge on any atom is 0.327 e. The van der Waals surface area contributed by atoms with Gasteiger partial charge in [-0.2, -0.15) is 0 Å². The Labute approximate surface area is 118 Å². The summed E-state index contributed by atoms with van der Waals surface area (Å²) in [5, 5.41) is 29.3. The van der Waals surface area contributed by atoms with Crippen molar-refractivity contribution in [3.63, 3.8) is 0 Å². The number of hydrogen-bond donors (Lipinski definition) is 4. The van der Waals surface area contributed by atoms with E-state index >= 15 is 0 Å². The van der Waals surface area contributed by atoms with E-state index in [9.17, 15) is 24.6 Å². The SMILES string of the molecule is CC(=O)NC(CSC(=O)c1cccc(O)c1O)C(=O)O. The molecule has 0 aliphatic rings. The van der Waals surface area contributed by atoms with E-state index in [-0.39, 0.29) is 11.3 Å². The van der Waals surface area contributed by atoms with E-state index in [1.807, 2.05) is 0 Å². The van der Waals surface area contributed by atoms with Gasteiger partial charge in [-0.25, -0.2) is 4.79 Å². The highest BCUT2D eigenvalue weighted by Gasteiger charge is 2.22. The van der Waals surface area contributed by atoms with E-state index in [0.717, 1.165) is 0 Å².